The lowest BCUT2D eigenvalue weighted by Gasteiger charge is -2.31. The van der Waals surface area contributed by atoms with Gasteiger partial charge in [-0.15, -0.1) is 0 Å². The molecule has 120 valence electrons. The van der Waals surface area contributed by atoms with E-state index in [9.17, 15) is 0 Å². The zero-order chi connectivity index (χ0) is 15.8. The Labute approximate surface area is 143 Å². The highest BCUT2D eigenvalue weighted by molar-refractivity contribution is 9.10. The fraction of sp³-hybridized carbons (Fsp3) is 0.647. The van der Waals surface area contributed by atoms with Crippen molar-refractivity contribution in [2.75, 3.05) is 30.5 Å². The second-order valence-electron chi connectivity index (χ2n) is 5.93. The van der Waals surface area contributed by atoms with Crippen LogP contribution in [0.25, 0.3) is 0 Å². The highest BCUT2D eigenvalue weighted by Gasteiger charge is 2.16. The standard InChI is InChI=1S/C17H29BrN2S/c1-6-16(12-21-5)20(4)17-8-7-15(18)9-14(17)11-19-10-13(2)3/h7-9,13,16,19H,6,10-12H2,1-5H3. The van der Waals surface area contributed by atoms with Gasteiger partial charge in [0.2, 0.25) is 0 Å². The molecule has 0 saturated carbocycles. The van der Waals surface area contributed by atoms with E-state index in [1.165, 1.54) is 23.4 Å². The van der Waals surface area contributed by atoms with Crippen LogP contribution in [0.1, 0.15) is 32.8 Å². The molecule has 1 atom stereocenters. The second kappa shape index (κ2) is 9.75. The Hall–Kier alpha value is -0.190. The average Bonchev–Trinajstić information content (AvgIpc) is 2.44. The van der Waals surface area contributed by atoms with Crippen molar-refractivity contribution < 1.29 is 0 Å². The number of benzene rings is 1. The largest absolute Gasteiger partial charge is 0.371 e. The molecule has 0 heterocycles. The third-order valence-electron chi connectivity index (χ3n) is 3.67. The Bertz CT molecular complexity index is 423. The van der Waals surface area contributed by atoms with E-state index in [1.54, 1.807) is 0 Å². The van der Waals surface area contributed by atoms with Gasteiger partial charge in [-0.05, 0) is 48.9 Å². The van der Waals surface area contributed by atoms with E-state index < -0.39 is 0 Å². The molecule has 0 aliphatic carbocycles. The Morgan fingerprint density at radius 2 is 2.05 bits per heavy atom. The number of thioether (sulfide) groups is 1. The number of anilines is 1. The van der Waals surface area contributed by atoms with Crippen LogP contribution in [-0.2, 0) is 6.54 Å². The summed E-state index contributed by atoms with van der Waals surface area (Å²) in [4.78, 5) is 2.44. The molecule has 1 aromatic carbocycles. The predicted octanol–water partition coefficient (Wildman–Crippen LogP) is 4.77. The van der Waals surface area contributed by atoms with Gasteiger partial charge in [-0.3, -0.25) is 0 Å². The Balaban J connectivity index is 2.88. The molecule has 1 aromatic rings. The fourth-order valence-electron chi connectivity index (χ4n) is 2.43. The number of hydrogen-bond acceptors (Lipinski definition) is 3. The van der Waals surface area contributed by atoms with Crippen LogP contribution >= 0.6 is 27.7 Å². The minimum atomic E-state index is 0.588. The van der Waals surface area contributed by atoms with Crippen molar-refractivity contribution in [3.63, 3.8) is 0 Å². The van der Waals surface area contributed by atoms with Crippen LogP contribution in [0.4, 0.5) is 5.69 Å². The molecule has 0 aliphatic heterocycles. The van der Waals surface area contributed by atoms with Crippen LogP contribution in [0, 0.1) is 5.92 Å². The first-order valence-corrected chi connectivity index (χ1v) is 9.89. The van der Waals surface area contributed by atoms with Gasteiger partial charge in [0.05, 0.1) is 0 Å². The molecule has 1 N–H and O–H groups in total. The number of hydrogen-bond donors (Lipinski definition) is 1. The SMILES string of the molecule is CCC(CSC)N(C)c1ccc(Br)cc1CNCC(C)C. The Morgan fingerprint density at radius 3 is 2.62 bits per heavy atom. The highest BCUT2D eigenvalue weighted by Crippen LogP contribution is 2.26. The van der Waals surface area contributed by atoms with E-state index in [4.69, 9.17) is 0 Å². The highest BCUT2D eigenvalue weighted by atomic mass is 79.9. The van der Waals surface area contributed by atoms with E-state index in [1.807, 2.05) is 11.8 Å². The molecule has 0 fully saturated rings. The molecule has 0 amide bonds. The summed E-state index contributed by atoms with van der Waals surface area (Å²) in [5.74, 6) is 1.85. The molecule has 0 aromatic heterocycles. The van der Waals surface area contributed by atoms with Crippen LogP contribution in [0.5, 0.6) is 0 Å². The van der Waals surface area contributed by atoms with Crippen LogP contribution in [0.3, 0.4) is 0 Å². The first-order valence-electron chi connectivity index (χ1n) is 7.70. The molecule has 0 spiro atoms. The van der Waals surface area contributed by atoms with Gasteiger partial charge in [-0.25, -0.2) is 0 Å². The molecule has 1 rings (SSSR count). The summed E-state index contributed by atoms with van der Waals surface area (Å²) in [7, 11) is 2.22. The number of nitrogens with zero attached hydrogens (tertiary/aromatic N) is 1. The Morgan fingerprint density at radius 1 is 1.33 bits per heavy atom. The normalized spacial score (nSPS) is 12.7. The molecule has 0 aliphatic rings. The van der Waals surface area contributed by atoms with Crippen LogP contribution in [-0.4, -0.2) is 31.6 Å². The minimum Gasteiger partial charge on any atom is -0.371 e. The fourth-order valence-corrected chi connectivity index (χ4v) is 3.68. The molecule has 4 heteroatoms. The van der Waals surface area contributed by atoms with Gasteiger partial charge in [0.1, 0.15) is 0 Å². The summed E-state index contributed by atoms with van der Waals surface area (Å²) in [6, 6.07) is 7.21. The molecule has 0 radical (unpaired) electrons. The zero-order valence-corrected chi connectivity index (χ0v) is 16.4. The number of nitrogens with one attached hydrogen (secondary N) is 1. The van der Waals surface area contributed by atoms with E-state index in [-0.39, 0.29) is 0 Å². The van der Waals surface area contributed by atoms with Crippen molar-refractivity contribution >= 4 is 33.4 Å². The van der Waals surface area contributed by atoms with Gasteiger partial charge in [0.25, 0.3) is 0 Å². The van der Waals surface area contributed by atoms with Gasteiger partial charge < -0.3 is 10.2 Å². The summed E-state index contributed by atoms with van der Waals surface area (Å²) in [5.41, 5.74) is 2.71. The average molecular weight is 373 g/mol. The Kier molecular flexibility index (Phi) is 8.76. The van der Waals surface area contributed by atoms with Crippen molar-refractivity contribution in [2.45, 2.75) is 39.8 Å². The lowest BCUT2D eigenvalue weighted by Crippen LogP contribution is -2.34. The van der Waals surface area contributed by atoms with E-state index >= 15 is 0 Å². The molecular weight excluding hydrogens is 344 g/mol. The van der Waals surface area contributed by atoms with Crippen molar-refractivity contribution in [3.05, 3.63) is 28.2 Å². The summed E-state index contributed by atoms with van der Waals surface area (Å²) < 4.78 is 1.15. The first kappa shape index (κ1) is 18.9. The molecule has 0 saturated heterocycles. The lowest BCUT2D eigenvalue weighted by atomic mass is 10.1. The molecule has 0 bridgehead atoms. The van der Waals surface area contributed by atoms with Gasteiger partial charge in [-0.2, -0.15) is 11.8 Å². The van der Waals surface area contributed by atoms with Crippen LogP contribution in [0.15, 0.2) is 22.7 Å². The quantitative estimate of drug-likeness (QED) is 0.671. The number of halogens is 1. The predicted molar refractivity (Wildman–Crippen MR) is 102 cm³/mol. The van der Waals surface area contributed by atoms with E-state index in [2.05, 4.69) is 78.4 Å². The summed E-state index contributed by atoms with van der Waals surface area (Å²) in [6.45, 7) is 8.73. The monoisotopic (exact) mass is 372 g/mol. The third kappa shape index (κ3) is 6.21. The summed E-state index contributed by atoms with van der Waals surface area (Å²) >= 11 is 5.52. The van der Waals surface area contributed by atoms with Crippen LogP contribution < -0.4 is 10.2 Å². The molecular formula is C17H29BrN2S. The molecule has 21 heavy (non-hydrogen) atoms. The zero-order valence-electron chi connectivity index (χ0n) is 13.9. The van der Waals surface area contributed by atoms with E-state index in [0.29, 0.717) is 12.0 Å². The van der Waals surface area contributed by atoms with E-state index in [0.717, 1.165) is 17.6 Å². The maximum Gasteiger partial charge on any atom is 0.0412 e. The maximum absolute atomic E-state index is 3.60. The van der Waals surface area contributed by atoms with Gasteiger partial charge in [-0.1, -0.05) is 36.7 Å². The van der Waals surface area contributed by atoms with Gasteiger partial charge in [0.15, 0.2) is 0 Å². The molecule has 2 nitrogen and oxygen atoms in total. The summed E-state index contributed by atoms with van der Waals surface area (Å²) in [5, 5.41) is 3.56. The first-order chi connectivity index (χ1) is 9.99. The van der Waals surface area contributed by atoms with Gasteiger partial charge in [0, 0.05) is 35.5 Å². The topological polar surface area (TPSA) is 15.3 Å². The minimum absolute atomic E-state index is 0.588. The third-order valence-corrected chi connectivity index (χ3v) is 4.88. The van der Waals surface area contributed by atoms with Crippen LogP contribution in [0.2, 0.25) is 0 Å². The van der Waals surface area contributed by atoms with Crippen molar-refractivity contribution in [1.82, 2.24) is 5.32 Å². The van der Waals surface area contributed by atoms with Gasteiger partial charge >= 0.3 is 0 Å². The molecule has 1 unspecified atom stereocenters. The van der Waals surface area contributed by atoms with Crippen molar-refractivity contribution in [3.8, 4) is 0 Å². The smallest absolute Gasteiger partial charge is 0.0412 e. The summed E-state index contributed by atoms with van der Waals surface area (Å²) in [6.07, 6.45) is 3.36. The van der Waals surface area contributed by atoms with Crippen molar-refractivity contribution in [2.24, 2.45) is 5.92 Å². The lowest BCUT2D eigenvalue weighted by molar-refractivity contribution is 0.551. The van der Waals surface area contributed by atoms with Crippen molar-refractivity contribution in [1.29, 1.82) is 0 Å². The maximum atomic E-state index is 3.60. The second-order valence-corrected chi connectivity index (χ2v) is 7.75. The number of rotatable bonds is 9.